The molecule has 0 unspecified atom stereocenters. The molecule has 0 aromatic heterocycles. The Kier molecular flexibility index (Phi) is 3.07. The van der Waals surface area contributed by atoms with Crippen LogP contribution < -0.4 is 0 Å². The van der Waals surface area contributed by atoms with Gasteiger partial charge in [-0.3, -0.25) is 4.79 Å². The smallest absolute Gasteiger partial charge is 0.267 e. The number of carbonyl (C=O) groups is 1. The zero-order valence-electron chi connectivity index (χ0n) is 10.6. The van der Waals surface area contributed by atoms with Crippen molar-refractivity contribution in [2.24, 2.45) is 0 Å². The lowest BCUT2D eigenvalue weighted by Gasteiger charge is -2.13. The summed E-state index contributed by atoms with van der Waals surface area (Å²) in [5.74, 6) is -0.480. The highest BCUT2D eigenvalue weighted by Crippen LogP contribution is 2.39. The molecule has 2 aromatic carbocycles. The zero-order chi connectivity index (χ0) is 14.3. The number of hydrogen-bond acceptors (Lipinski definition) is 4. The largest absolute Gasteiger partial charge is 0.279 e. The summed E-state index contributed by atoms with van der Waals surface area (Å²) in [4.78, 5) is 13.2. The SMILES string of the molecule is Cc1cccc2c1C(=O)N(Sc1ccccc1)S2(=O)=O. The van der Waals surface area contributed by atoms with Crippen molar-refractivity contribution in [3.63, 3.8) is 0 Å². The molecule has 0 saturated heterocycles. The van der Waals surface area contributed by atoms with Gasteiger partial charge < -0.3 is 0 Å². The second-order valence-electron chi connectivity index (χ2n) is 4.39. The van der Waals surface area contributed by atoms with Crippen molar-refractivity contribution in [2.75, 3.05) is 0 Å². The molecule has 20 heavy (non-hydrogen) atoms. The lowest BCUT2D eigenvalue weighted by Crippen LogP contribution is -2.22. The number of nitrogens with zero attached hydrogens (tertiary/aromatic N) is 1. The van der Waals surface area contributed by atoms with E-state index in [0.717, 1.165) is 15.7 Å². The summed E-state index contributed by atoms with van der Waals surface area (Å²) in [6.45, 7) is 1.74. The second-order valence-corrected chi connectivity index (χ2v) is 7.40. The molecule has 1 heterocycles. The Morgan fingerprint density at radius 2 is 1.70 bits per heavy atom. The Hall–Kier alpha value is -1.79. The van der Waals surface area contributed by atoms with Gasteiger partial charge in [-0.25, -0.2) is 8.42 Å². The summed E-state index contributed by atoms with van der Waals surface area (Å²) in [6.07, 6.45) is 0. The summed E-state index contributed by atoms with van der Waals surface area (Å²) in [7, 11) is -3.77. The van der Waals surface area contributed by atoms with Crippen LogP contribution in [0, 0.1) is 6.92 Å². The number of carbonyl (C=O) groups excluding carboxylic acids is 1. The molecule has 0 atom stereocenters. The van der Waals surface area contributed by atoms with Crippen molar-refractivity contribution in [1.82, 2.24) is 3.71 Å². The molecule has 0 bridgehead atoms. The lowest BCUT2D eigenvalue weighted by atomic mass is 10.1. The maximum absolute atomic E-state index is 12.4. The van der Waals surface area contributed by atoms with Crippen molar-refractivity contribution in [3.05, 3.63) is 59.7 Å². The van der Waals surface area contributed by atoms with Gasteiger partial charge in [-0.1, -0.05) is 30.3 Å². The van der Waals surface area contributed by atoms with Gasteiger partial charge in [0, 0.05) is 16.8 Å². The average molecular weight is 305 g/mol. The summed E-state index contributed by atoms with van der Waals surface area (Å²) in [5, 5.41) is 0. The van der Waals surface area contributed by atoms with E-state index in [1.807, 2.05) is 6.07 Å². The van der Waals surface area contributed by atoms with Crippen LogP contribution in [0.25, 0.3) is 0 Å². The minimum absolute atomic E-state index is 0.0888. The van der Waals surface area contributed by atoms with Crippen LogP contribution in [-0.2, 0) is 10.0 Å². The number of sulfonamides is 1. The van der Waals surface area contributed by atoms with Crippen LogP contribution in [0.15, 0.2) is 58.3 Å². The summed E-state index contributed by atoms with van der Waals surface area (Å²) in [6, 6.07) is 13.8. The standard InChI is InChI=1S/C14H11NO3S2/c1-10-6-5-9-12-13(10)14(16)15(20(12,17)18)19-11-7-3-2-4-8-11/h2-9H,1H3. The molecule has 6 heteroatoms. The van der Waals surface area contributed by atoms with Crippen molar-refractivity contribution < 1.29 is 13.2 Å². The van der Waals surface area contributed by atoms with Gasteiger partial charge in [0.25, 0.3) is 15.9 Å². The molecule has 0 radical (unpaired) electrons. The molecule has 1 aliphatic heterocycles. The third-order valence-electron chi connectivity index (χ3n) is 3.04. The molecule has 1 amide bonds. The number of hydrogen-bond donors (Lipinski definition) is 0. The van der Waals surface area contributed by atoms with Crippen molar-refractivity contribution >= 4 is 27.9 Å². The fourth-order valence-corrected chi connectivity index (χ4v) is 4.87. The van der Waals surface area contributed by atoms with Gasteiger partial charge in [-0.15, -0.1) is 0 Å². The highest BCUT2D eigenvalue weighted by atomic mass is 32.3. The summed E-state index contributed by atoms with van der Waals surface area (Å²) < 4.78 is 25.7. The van der Waals surface area contributed by atoms with Crippen LogP contribution in [0.1, 0.15) is 15.9 Å². The molecule has 102 valence electrons. The quantitative estimate of drug-likeness (QED) is 0.801. The highest BCUT2D eigenvalue weighted by molar-refractivity contribution is 8.09. The van der Waals surface area contributed by atoms with E-state index in [9.17, 15) is 13.2 Å². The predicted octanol–water partition coefficient (Wildman–Crippen LogP) is 2.85. The van der Waals surface area contributed by atoms with Crippen LogP contribution in [0.4, 0.5) is 0 Å². The number of fused-ring (bicyclic) bond motifs is 1. The van der Waals surface area contributed by atoms with Gasteiger partial charge in [-0.2, -0.15) is 3.71 Å². The Labute approximate surface area is 121 Å². The van der Waals surface area contributed by atoms with Crippen molar-refractivity contribution in [2.45, 2.75) is 16.7 Å². The van der Waals surface area contributed by atoms with Crippen molar-refractivity contribution in [1.29, 1.82) is 0 Å². The van der Waals surface area contributed by atoms with Gasteiger partial charge in [-0.05, 0) is 30.7 Å². The van der Waals surface area contributed by atoms with E-state index in [-0.39, 0.29) is 10.5 Å². The first-order valence-corrected chi connectivity index (χ1v) is 8.15. The monoisotopic (exact) mass is 305 g/mol. The molecule has 0 saturated carbocycles. The Balaban J connectivity index is 2.08. The topological polar surface area (TPSA) is 54.5 Å². The van der Waals surface area contributed by atoms with Crippen LogP contribution in [0.5, 0.6) is 0 Å². The van der Waals surface area contributed by atoms with E-state index in [1.54, 1.807) is 43.3 Å². The third kappa shape index (κ3) is 1.92. The molecule has 3 rings (SSSR count). The molecular weight excluding hydrogens is 294 g/mol. The Morgan fingerprint density at radius 1 is 1.00 bits per heavy atom. The molecule has 0 fully saturated rings. The van der Waals surface area contributed by atoms with E-state index in [1.165, 1.54) is 6.07 Å². The van der Waals surface area contributed by atoms with E-state index in [2.05, 4.69) is 0 Å². The first-order valence-electron chi connectivity index (χ1n) is 5.94. The molecule has 0 aliphatic carbocycles. The fourth-order valence-electron chi connectivity index (χ4n) is 2.09. The number of rotatable bonds is 2. The maximum atomic E-state index is 12.4. The van der Waals surface area contributed by atoms with Crippen LogP contribution in [0.2, 0.25) is 0 Å². The molecule has 0 N–H and O–H groups in total. The minimum Gasteiger partial charge on any atom is -0.267 e. The Bertz CT molecular complexity index is 785. The van der Waals surface area contributed by atoms with E-state index < -0.39 is 15.9 Å². The van der Waals surface area contributed by atoms with E-state index in [0.29, 0.717) is 10.5 Å². The summed E-state index contributed by atoms with van der Waals surface area (Å²) >= 11 is 0.927. The van der Waals surface area contributed by atoms with E-state index in [4.69, 9.17) is 0 Å². The second kappa shape index (κ2) is 4.64. The molecule has 0 spiro atoms. The molecular formula is C14H11NO3S2. The lowest BCUT2D eigenvalue weighted by molar-refractivity contribution is 0.0933. The number of amides is 1. The van der Waals surface area contributed by atoms with Crippen LogP contribution in [0.3, 0.4) is 0 Å². The van der Waals surface area contributed by atoms with Gasteiger partial charge in [0.15, 0.2) is 0 Å². The van der Waals surface area contributed by atoms with Gasteiger partial charge in [0.1, 0.15) is 4.90 Å². The molecule has 4 nitrogen and oxygen atoms in total. The minimum atomic E-state index is -3.77. The average Bonchev–Trinajstić information content (AvgIpc) is 2.62. The van der Waals surface area contributed by atoms with Crippen LogP contribution >= 0.6 is 11.9 Å². The molecule has 2 aromatic rings. The highest BCUT2D eigenvalue weighted by Gasteiger charge is 2.42. The number of aryl methyl sites for hydroxylation is 1. The third-order valence-corrected chi connectivity index (χ3v) is 6.17. The van der Waals surface area contributed by atoms with Crippen molar-refractivity contribution in [3.8, 4) is 0 Å². The first kappa shape index (κ1) is 13.2. The predicted molar refractivity (Wildman–Crippen MR) is 76.8 cm³/mol. The number of benzene rings is 2. The van der Waals surface area contributed by atoms with Gasteiger partial charge in [0.05, 0.1) is 5.56 Å². The zero-order valence-corrected chi connectivity index (χ0v) is 12.2. The Morgan fingerprint density at radius 3 is 2.35 bits per heavy atom. The fraction of sp³-hybridized carbons (Fsp3) is 0.0714. The molecule has 1 aliphatic rings. The van der Waals surface area contributed by atoms with Gasteiger partial charge in [0.2, 0.25) is 0 Å². The maximum Gasteiger partial charge on any atom is 0.279 e. The summed E-state index contributed by atoms with van der Waals surface area (Å²) in [5.41, 5.74) is 0.947. The first-order chi connectivity index (χ1) is 9.51. The van der Waals surface area contributed by atoms with Gasteiger partial charge >= 0.3 is 0 Å². The normalized spacial score (nSPS) is 16.2. The van der Waals surface area contributed by atoms with Crippen LogP contribution in [-0.4, -0.2) is 18.0 Å². The van der Waals surface area contributed by atoms with E-state index >= 15 is 0 Å².